The molecule has 0 radical (unpaired) electrons. The van der Waals surface area contributed by atoms with Crippen LogP contribution in [0.2, 0.25) is 0 Å². The lowest BCUT2D eigenvalue weighted by Crippen LogP contribution is -2.42. The first-order valence-electron chi connectivity index (χ1n) is 17.0. The predicted octanol–water partition coefficient (Wildman–Crippen LogP) is 5.00. The van der Waals surface area contributed by atoms with Gasteiger partial charge in [0.2, 0.25) is 11.7 Å². The highest BCUT2D eigenvalue weighted by molar-refractivity contribution is 7.90. The molecule has 1 aromatic heterocycles. The number of halogens is 1. The van der Waals surface area contributed by atoms with E-state index in [2.05, 4.69) is 10.2 Å². The van der Waals surface area contributed by atoms with Gasteiger partial charge in [0.15, 0.2) is 11.5 Å². The monoisotopic (exact) mass is 707 g/mol. The van der Waals surface area contributed by atoms with Crippen LogP contribution < -0.4 is 19.5 Å². The lowest BCUT2D eigenvalue weighted by atomic mass is 9.76. The first kappa shape index (κ1) is 35.5. The number of fused-ring (bicyclic) bond motifs is 1. The second-order valence-corrected chi connectivity index (χ2v) is 15.7. The van der Waals surface area contributed by atoms with E-state index in [0.717, 1.165) is 55.5 Å². The standard InChI is InChI=1S/C37H46FN5O6S/c1-47-32-22-26(23-33(48-2)34(32)49-3)35(44)42-19-15-37(25-42,27-8-7-9-28(38)24-27)14-18-41-16-12-29(13-17-41)39-36-40-30-10-5-6-11-31(30)43(36)20-21-50(4,45)46/h5-11,22-24,29H,12-21,25H2,1-4H3,(H,39,40). The van der Waals surface area contributed by atoms with Gasteiger partial charge in [-0.25, -0.2) is 17.8 Å². The summed E-state index contributed by atoms with van der Waals surface area (Å²) < 4.78 is 56.9. The summed E-state index contributed by atoms with van der Waals surface area (Å²) >= 11 is 0. The van der Waals surface area contributed by atoms with Crippen LogP contribution in [0.1, 0.15) is 41.6 Å². The van der Waals surface area contributed by atoms with E-state index in [0.29, 0.717) is 54.8 Å². The number of ether oxygens (including phenoxy) is 3. The van der Waals surface area contributed by atoms with Gasteiger partial charge in [-0.15, -0.1) is 0 Å². The van der Waals surface area contributed by atoms with Crippen molar-refractivity contribution in [3.8, 4) is 17.2 Å². The average molecular weight is 708 g/mol. The number of benzene rings is 3. The number of hydrogen-bond acceptors (Lipinski definition) is 9. The third-order valence-electron chi connectivity index (χ3n) is 10.2. The van der Waals surface area contributed by atoms with Gasteiger partial charge in [0.05, 0.1) is 38.1 Å². The number of imidazole rings is 1. The number of piperidine rings is 1. The van der Waals surface area contributed by atoms with Gasteiger partial charge in [0.25, 0.3) is 5.91 Å². The minimum Gasteiger partial charge on any atom is -0.493 e. The third-order valence-corrected chi connectivity index (χ3v) is 11.1. The number of nitrogens with zero attached hydrogens (tertiary/aromatic N) is 4. The van der Waals surface area contributed by atoms with Crippen LogP contribution in [0, 0.1) is 5.82 Å². The summed E-state index contributed by atoms with van der Waals surface area (Å²) in [6.07, 6.45) is 4.54. The second-order valence-electron chi connectivity index (χ2n) is 13.4. The van der Waals surface area contributed by atoms with E-state index in [9.17, 15) is 17.6 Å². The number of hydrogen-bond donors (Lipinski definition) is 1. The van der Waals surface area contributed by atoms with Crippen molar-refractivity contribution in [3.05, 3.63) is 77.6 Å². The Bertz CT molecular complexity index is 1920. The smallest absolute Gasteiger partial charge is 0.254 e. The molecule has 2 aliphatic heterocycles. The van der Waals surface area contributed by atoms with Crippen LogP contribution in [-0.2, 0) is 21.8 Å². The van der Waals surface area contributed by atoms with Crippen molar-refractivity contribution in [2.24, 2.45) is 0 Å². The summed E-state index contributed by atoms with van der Waals surface area (Å²) in [4.78, 5) is 23.0. The van der Waals surface area contributed by atoms with Crippen LogP contribution in [0.3, 0.4) is 0 Å². The van der Waals surface area contributed by atoms with E-state index in [1.165, 1.54) is 33.7 Å². The normalized spacial score (nSPS) is 18.8. The zero-order chi connectivity index (χ0) is 35.5. The van der Waals surface area contributed by atoms with Gasteiger partial charge < -0.3 is 33.9 Å². The maximum absolute atomic E-state index is 14.6. The average Bonchev–Trinajstić information content (AvgIpc) is 3.71. The molecule has 0 spiro atoms. The number of rotatable bonds is 13. The highest BCUT2D eigenvalue weighted by Gasteiger charge is 2.42. The molecule has 0 bridgehead atoms. The van der Waals surface area contributed by atoms with Gasteiger partial charge in [-0.1, -0.05) is 24.3 Å². The Hall–Kier alpha value is -4.36. The number of aryl methyl sites for hydroxylation is 1. The molecule has 50 heavy (non-hydrogen) atoms. The number of carbonyl (C=O) groups is 1. The zero-order valence-corrected chi connectivity index (χ0v) is 30.0. The minimum atomic E-state index is -3.14. The number of anilines is 1. The van der Waals surface area contributed by atoms with Crippen LogP contribution in [0.15, 0.2) is 60.7 Å². The third kappa shape index (κ3) is 7.68. The van der Waals surface area contributed by atoms with Crippen molar-refractivity contribution in [1.29, 1.82) is 0 Å². The zero-order valence-electron chi connectivity index (χ0n) is 29.2. The van der Waals surface area contributed by atoms with Gasteiger partial charge in [0, 0.05) is 56.0 Å². The van der Waals surface area contributed by atoms with E-state index < -0.39 is 15.3 Å². The van der Waals surface area contributed by atoms with Crippen LogP contribution in [0.4, 0.5) is 10.3 Å². The Morgan fingerprint density at radius 1 is 0.960 bits per heavy atom. The van der Waals surface area contributed by atoms with Crippen LogP contribution in [0.25, 0.3) is 11.0 Å². The SMILES string of the molecule is COc1cc(C(=O)N2CCC(CCN3CCC(Nc4nc5ccccc5n4CCS(C)(=O)=O)CC3)(c3cccc(F)c3)C2)cc(OC)c1OC. The fourth-order valence-corrected chi connectivity index (χ4v) is 7.87. The van der Waals surface area contributed by atoms with Crippen molar-refractivity contribution >= 4 is 32.7 Å². The number of likely N-dealkylation sites (tertiary alicyclic amines) is 2. The molecule has 1 amide bonds. The topological polar surface area (TPSA) is 115 Å². The molecule has 1 atom stereocenters. The van der Waals surface area contributed by atoms with Crippen LogP contribution >= 0.6 is 0 Å². The van der Waals surface area contributed by atoms with E-state index in [4.69, 9.17) is 19.2 Å². The van der Waals surface area contributed by atoms with Crippen molar-refractivity contribution < 1.29 is 31.8 Å². The summed E-state index contributed by atoms with van der Waals surface area (Å²) in [5.74, 6) is 1.55. The summed E-state index contributed by atoms with van der Waals surface area (Å²) in [6, 6.07) is 18.1. The summed E-state index contributed by atoms with van der Waals surface area (Å²) in [5, 5.41) is 3.61. The Morgan fingerprint density at radius 3 is 2.34 bits per heavy atom. The quantitative estimate of drug-likeness (QED) is 0.205. The van der Waals surface area contributed by atoms with Gasteiger partial charge in [0.1, 0.15) is 15.7 Å². The molecule has 3 heterocycles. The summed E-state index contributed by atoms with van der Waals surface area (Å²) in [5.41, 5.74) is 2.68. The minimum absolute atomic E-state index is 0.0407. The second kappa shape index (κ2) is 14.9. The fourth-order valence-electron chi connectivity index (χ4n) is 7.36. The summed E-state index contributed by atoms with van der Waals surface area (Å²) in [6.45, 7) is 3.89. The van der Waals surface area contributed by atoms with Gasteiger partial charge in [-0.2, -0.15) is 0 Å². The molecule has 2 aliphatic rings. The lowest BCUT2D eigenvalue weighted by molar-refractivity contribution is 0.0779. The largest absolute Gasteiger partial charge is 0.493 e. The molecule has 13 heteroatoms. The Kier molecular flexibility index (Phi) is 10.5. The molecule has 1 unspecified atom stereocenters. The van der Waals surface area contributed by atoms with Crippen molar-refractivity contribution in [2.45, 2.75) is 43.7 Å². The first-order chi connectivity index (χ1) is 24.0. The van der Waals surface area contributed by atoms with E-state index >= 15 is 0 Å². The van der Waals surface area contributed by atoms with Gasteiger partial charge >= 0.3 is 0 Å². The Balaban J connectivity index is 1.13. The molecule has 3 aromatic carbocycles. The molecule has 2 fully saturated rings. The molecule has 1 N–H and O–H groups in total. The lowest BCUT2D eigenvalue weighted by Gasteiger charge is -2.36. The van der Waals surface area contributed by atoms with Crippen molar-refractivity contribution in [2.75, 3.05) is 71.4 Å². The first-order valence-corrected chi connectivity index (χ1v) is 19.1. The number of nitrogens with one attached hydrogen (secondary N) is 1. The van der Waals surface area contributed by atoms with Crippen LogP contribution in [0.5, 0.6) is 17.2 Å². The molecule has 0 saturated carbocycles. The Labute approximate surface area is 293 Å². The molecule has 11 nitrogen and oxygen atoms in total. The Morgan fingerprint density at radius 2 is 1.68 bits per heavy atom. The van der Waals surface area contributed by atoms with Crippen LogP contribution in [-0.4, -0.2) is 106 Å². The summed E-state index contributed by atoms with van der Waals surface area (Å²) in [7, 11) is 1.43. The molecule has 6 rings (SSSR count). The highest BCUT2D eigenvalue weighted by atomic mass is 32.2. The van der Waals surface area contributed by atoms with Crippen molar-refractivity contribution in [3.63, 3.8) is 0 Å². The number of sulfone groups is 1. The maximum atomic E-state index is 14.6. The van der Waals surface area contributed by atoms with Gasteiger partial charge in [-0.3, -0.25) is 4.79 Å². The number of amides is 1. The number of para-hydroxylation sites is 2. The molecule has 2 saturated heterocycles. The van der Waals surface area contributed by atoms with Gasteiger partial charge in [-0.05, 0) is 74.2 Å². The molecule has 4 aromatic rings. The van der Waals surface area contributed by atoms with E-state index in [1.54, 1.807) is 24.3 Å². The van der Waals surface area contributed by atoms with E-state index in [1.807, 2.05) is 39.8 Å². The number of aromatic nitrogens is 2. The fraction of sp³-hybridized carbons (Fsp3) is 0.459. The highest BCUT2D eigenvalue weighted by Crippen LogP contribution is 2.42. The predicted molar refractivity (Wildman–Crippen MR) is 192 cm³/mol. The number of methoxy groups -OCH3 is 3. The maximum Gasteiger partial charge on any atom is 0.254 e. The molecule has 0 aliphatic carbocycles. The molecular formula is C37H46FN5O6S. The molecule has 268 valence electrons. The van der Waals surface area contributed by atoms with E-state index in [-0.39, 0.29) is 23.5 Å². The van der Waals surface area contributed by atoms with Crippen molar-refractivity contribution in [1.82, 2.24) is 19.4 Å². The molecular weight excluding hydrogens is 662 g/mol. The number of carbonyl (C=O) groups excluding carboxylic acids is 1.